The second kappa shape index (κ2) is 6.73. The minimum absolute atomic E-state index is 0.277. The maximum atomic E-state index is 9.93. The molecule has 1 aliphatic heterocycles. The number of para-hydroxylation sites is 2. The number of nitrogens with one attached hydrogen (secondary N) is 1. The molecule has 0 aliphatic carbocycles. The van der Waals surface area contributed by atoms with Gasteiger partial charge in [-0.3, -0.25) is 0 Å². The number of imidazole rings is 1. The molecule has 3 aromatic rings. The number of fused-ring (bicyclic) bond motifs is 1. The lowest BCUT2D eigenvalue weighted by atomic mass is 10.0. The van der Waals surface area contributed by atoms with Crippen molar-refractivity contribution in [3.63, 3.8) is 0 Å². The second-order valence-corrected chi connectivity index (χ2v) is 6.63. The lowest BCUT2D eigenvalue weighted by Gasteiger charge is -2.36. The molecule has 1 fully saturated rings. The molecule has 26 heavy (non-hydrogen) atoms. The lowest BCUT2D eigenvalue weighted by molar-refractivity contribution is 0.495. The third-order valence-corrected chi connectivity index (χ3v) is 4.87. The van der Waals surface area contributed by atoms with Crippen LogP contribution in [0.25, 0.3) is 11.0 Å². The van der Waals surface area contributed by atoms with E-state index < -0.39 is 5.92 Å². The van der Waals surface area contributed by atoms with Crippen molar-refractivity contribution in [3.05, 3.63) is 48.2 Å². The van der Waals surface area contributed by atoms with Crippen molar-refractivity contribution in [3.8, 4) is 6.07 Å². The Labute approximate surface area is 152 Å². The number of hydrogen-bond donors (Lipinski definition) is 1. The summed E-state index contributed by atoms with van der Waals surface area (Å²) >= 11 is 0. The molecule has 1 N–H and O–H groups in total. The van der Waals surface area contributed by atoms with Crippen molar-refractivity contribution in [2.45, 2.75) is 18.9 Å². The van der Waals surface area contributed by atoms with Crippen molar-refractivity contribution < 1.29 is 0 Å². The standard InChI is InChI=1S/C19H21N7/c1-13-12-21-7-10-26(13)19-17(14(11-20)18-22-8-9-25(18)2)23-15-5-3-4-6-16(15)24-19/h3-6,8-9,13-14,21H,7,10,12H2,1-2H3. The molecule has 2 atom stereocenters. The third-order valence-electron chi connectivity index (χ3n) is 4.87. The molecule has 2 aromatic heterocycles. The molecule has 132 valence electrons. The summed E-state index contributed by atoms with van der Waals surface area (Å²) < 4.78 is 1.87. The Morgan fingerprint density at radius 1 is 1.27 bits per heavy atom. The third kappa shape index (κ3) is 2.78. The van der Waals surface area contributed by atoms with E-state index in [9.17, 15) is 5.26 Å². The normalized spacial score (nSPS) is 18.7. The van der Waals surface area contributed by atoms with Crippen LogP contribution < -0.4 is 10.2 Å². The fraction of sp³-hybridized carbons (Fsp3) is 0.368. The van der Waals surface area contributed by atoms with Crippen LogP contribution in [0.4, 0.5) is 5.82 Å². The first kappa shape index (κ1) is 16.5. The highest BCUT2D eigenvalue weighted by molar-refractivity contribution is 5.77. The van der Waals surface area contributed by atoms with Crippen molar-refractivity contribution in [2.24, 2.45) is 7.05 Å². The summed E-state index contributed by atoms with van der Waals surface area (Å²) in [6.07, 6.45) is 3.56. The predicted octanol–water partition coefficient (Wildman–Crippen LogP) is 1.82. The van der Waals surface area contributed by atoms with Crippen molar-refractivity contribution in [1.82, 2.24) is 24.8 Å². The number of aromatic nitrogens is 4. The molecule has 1 aliphatic rings. The number of aryl methyl sites for hydroxylation is 1. The molecule has 0 bridgehead atoms. The monoisotopic (exact) mass is 347 g/mol. The van der Waals surface area contributed by atoms with Crippen LogP contribution in [0.3, 0.4) is 0 Å². The van der Waals surface area contributed by atoms with Crippen LogP contribution in [0.2, 0.25) is 0 Å². The Morgan fingerprint density at radius 2 is 2.04 bits per heavy atom. The summed E-state index contributed by atoms with van der Waals surface area (Å²) in [6.45, 7) is 4.76. The SMILES string of the molecule is CC1CNCCN1c1nc2ccccc2nc1C(C#N)c1nccn1C. The first-order valence-electron chi connectivity index (χ1n) is 8.80. The van der Waals surface area contributed by atoms with Gasteiger partial charge in [0.2, 0.25) is 0 Å². The Kier molecular flexibility index (Phi) is 4.27. The minimum Gasteiger partial charge on any atom is -0.350 e. The number of hydrogen-bond acceptors (Lipinski definition) is 6. The Hall–Kier alpha value is -2.98. The van der Waals surface area contributed by atoms with Gasteiger partial charge in [-0.1, -0.05) is 12.1 Å². The molecule has 0 saturated carbocycles. The first-order valence-corrected chi connectivity index (χ1v) is 8.80. The van der Waals surface area contributed by atoms with Crippen molar-refractivity contribution in [2.75, 3.05) is 24.5 Å². The van der Waals surface area contributed by atoms with E-state index in [1.807, 2.05) is 42.1 Å². The smallest absolute Gasteiger partial charge is 0.153 e. The zero-order valence-corrected chi connectivity index (χ0v) is 14.9. The molecule has 7 heteroatoms. The van der Waals surface area contributed by atoms with Gasteiger partial charge in [0.15, 0.2) is 5.82 Å². The van der Waals surface area contributed by atoms with Crippen LogP contribution in [-0.2, 0) is 7.05 Å². The minimum atomic E-state index is -0.566. The van der Waals surface area contributed by atoms with Gasteiger partial charge < -0.3 is 14.8 Å². The van der Waals surface area contributed by atoms with E-state index >= 15 is 0 Å². The van der Waals surface area contributed by atoms with Gasteiger partial charge in [-0.15, -0.1) is 0 Å². The maximum Gasteiger partial charge on any atom is 0.153 e. The summed E-state index contributed by atoms with van der Waals surface area (Å²) in [6, 6.07) is 10.5. The first-order chi connectivity index (χ1) is 12.7. The highest BCUT2D eigenvalue weighted by Crippen LogP contribution is 2.31. The Balaban J connectivity index is 1.92. The molecule has 0 radical (unpaired) electrons. The van der Waals surface area contributed by atoms with Gasteiger partial charge in [-0.05, 0) is 19.1 Å². The van der Waals surface area contributed by atoms with Gasteiger partial charge in [0.25, 0.3) is 0 Å². The van der Waals surface area contributed by atoms with Gasteiger partial charge >= 0.3 is 0 Å². The molecule has 2 unspecified atom stereocenters. The highest BCUT2D eigenvalue weighted by atomic mass is 15.3. The maximum absolute atomic E-state index is 9.93. The van der Waals surface area contributed by atoms with Gasteiger partial charge in [-0.25, -0.2) is 15.0 Å². The molecular formula is C19H21N7. The van der Waals surface area contributed by atoms with Crippen molar-refractivity contribution >= 4 is 16.9 Å². The van der Waals surface area contributed by atoms with Gasteiger partial charge in [0.1, 0.15) is 17.4 Å². The average molecular weight is 347 g/mol. The summed E-state index contributed by atoms with van der Waals surface area (Å²) in [7, 11) is 1.90. The number of nitriles is 1. The second-order valence-electron chi connectivity index (χ2n) is 6.63. The van der Waals surface area contributed by atoms with Crippen LogP contribution in [-0.4, -0.2) is 45.2 Å². The van der Waals surface area contributed by atoms with Crippen LogP contribution in [0.1, 0.15) is 24.4 Å². The summed E-state index contributed by atoms with van der Waals surface area (Å²) in [4.78, 5) is 16.4. The van der Waals surface area contributed by atoms with Gasteiger partial charge in [0, 0.05) is 45.1 Å². The van der Waals surface area contributed by atoms with E-state index in [4.69, 9.17) is 9.97 Å². The highest BCUT2D eigenvalue weighted by Gasteiger charge is 2.29. The van der Waals surface area contributed by atoms with Crippen molar-refractivity contribution in [1.29, 1.82) is 5.26 Å². The largest absolute Gasteiger partial charge is 0.350 e. The van der Waals surface area contributed by atoms with Gasteiger partial charge in [-0.2, -0.15) is 5.26 Å². The van der Waals surface area contributed by atoms with E-state index in [1.165, 1.54) is 0 Å². The van der Waals surface area contributed by atoms with E-state index in [0.717, 1.165) is 36.5 Å². The Morgan fingerprint density at radius 3 is 2.69 bits per heavy atom. The molecule has 0 spiro atoms. The molecule has 1 saturated heterocycles. The average Bonchev–Trinajstić information content (AvgIpc) is 3.08. The predicted molar refractivity (Wildman–Crippen MR) is 99.9 cm³/mol. The fourth-order valence-corrected chi connectivity index (χ4v) is 3.46. The quantitative estimate of drug-likeness (QED) is 0.778. The molecule has 3 heterocycles. The van der Waals surface area contributed by atoms with Crippen LogP contribution in [0.5, 0.6) is 0 Å². The van der Waals surface area contributed by atoms with Gasteiger partial charge in [0.05, 0.1) is 17.1 Å². The zero-order valence-electron chi connectivity index (χ0n) is 14.9. The summed E-state index contributed by atoms with van der Waals surface area (Å²) in [5.74, 6) is 0.901. The van der Waals surface area contributed by atoms with E-state index in [2.05, 4.69) is 28.2 Å². The molecule has 0 amide bonds. The topological polar surface area (TPSA) is 82.7 Å². The Bertz CT molecular complexity index is 971. The molecule has 1 aromatic carbocycles. The molecular weight excluding hydrogens is 326 g/mol. The van der Waals surface area contributed by atoms with E-state index in [1.54, 1.807) is 6.20 Å². The van der Waals surface area contributed by atoms with Crippen LogP contribution in [0.15, 0.2) is 36.7 Å². The molecule has 4 rings (SSSR count). The van der Waals surface area contributed by atoms with Crippen LogP contribution >= 0.6 is 0 Å². The fourth-order valence-electron chi connectivity index (χ4n) is 3.46. The summed E-state index contributed by atoms with van der Waals surface area (Å²) in [5, 5.41) is 13.3. The number of piperazine rings is 1. The van der Waals surface area contributed by atoms with E-state index in [0.29, 0.717) is 11.5 Å². The summed E-state index contributed by atoms with van der Waals surface area (Å²) in [5.41, 5.74) is 2.31. The van der Waals surface area contributed by atoms with Crippen LogP contribution in [0, 0.1) is 11.3 Å². The number of nitrogens with zero attached hydrogens (tertiary/aromatic N) is 6. The molecule has 7 nitrogen and oxygen atoms in total. The lowest BCUT2D eigenvalue weighted by Crippen LogP contribution is -2.50. The number of anilines is 1. The number of rotatable bonds is 3. The zero-order chi connectivity index (χ0) is 18.1. The van der Waals surface area contributed by atoms with E-state index in [-0.39, 0.29) is 6.04 Å². The number of benzene rings is 1.